The van der Waals surface area contributed by atoms with Crippen LogP contribution in [-0.2, 0) is 11.3 Å². The van der Waals surface area contributed by atoms with E-state index in [1.807, 2.05) is 0 Å². The van der Waals surface area contributed by atoms with Crippen LogP contribution in [0.15, 0.2) is 17.5 Å². The van der Waals surface area contributed by atoms with Gasteiger partial charge in [0.2, 0.25) is 5.91 Å². The first-order valence-corrected chi connectivity index (χ1v) is 8.73. The minimum absolute atomic E-state index is 0.156. The fourth-order valence-electron chi connectivity index (χ4n) is 3.69. The highest BCUT2D eigenvalue weighted by Crippen LogP contribution is 2.35. The summed E-state index contributed by atoms with van der Waals surface area (Å²) in [6.07, 6.45) is 5.01. The number of fused-ring (bicyclic) bond motifs is 2. The van der Waals surface area contributed by atoms with Crippen LogP contribution < -0.4 is 0 Å². The number of hydrogen-bond donors (Lipinski definition) is 0. The van der Waals surface area contributed by atoms with Gasteiger partial charge in [0.1, 0.15) is 0 Å². The van der Waals surface area contributed by atoms with Gasteiger partial charge in [0.15, 0.2) is 0 Å². The number of piperidine rings is 2. The van der Waals surface area contributed by atoms with E-state index in [9.17, 15) is 4.79 Å². The van der Waals surface area contributed by atoms with E-state index in [-0.39, 0.29) is 6.04 Å². The third-order valence-electron chi connectivity index (χ3n) is 5.01. The lowest BCUT2D eigenvalue weighted by molar-refractivity contribution is -0.146. The minimum atomic E-state index is 0.156. The minimum Gasteiger partial charge on any atom is -0.341 e. The number of thiophene rings is 1. The SMILES string of the molecule is O=C1[C@H]2C[C@H](CCN2Cc2cccs2)CN1CC1CC1. The van der Waals surface area contributed by atoms with E-state index >= 15 is 0 Å². The molecule has 1 aliphatic carbocycles. The molecule has 3 fully saturated rings. The molecule has 2 bridgehead atoms. The van der Waals surface area contributed by atoms with Gasteiger partial charge in [0, 0.05) is 24.5 Å². The molecule has 2 aliphatic heterocycles. The van der Waals surface area contributed by atoms with Gasteiger partial charge in [0.05, 0.1) is 6.04 Å². The zero-order chi connectivity index (χ0) is 13.5. The number of nitrogens with zero attached hydrogens (tertiary/aromatic N) is 2. The fraction of sp³-hybridized carbons (Fsp3) is 0.688. The number of rotatable bonds is 4. The van der Waals surface area contributed by atoms with Crippen molar-refractivity contribution in [2.75, 3.05) is 19.6 Å². The summed E-state index contributed by atoms with van der Waals surface area (Å²) in [7, 11) is 0. The maximum absolute atomic E-state index is 12.7. The van der Waals surface area contributed by atoms with E-state index in [4.69, 9.17) is 0 Å². The Balaban J connectivity index is 1.47. The second kappa shape index (κ2) is 5.15. The molecule has 2 atom stereocenters. The highest BCUT2D eigenvalue weighted by molar-refractivity contribution is 7.09. The summed E-state index contributed by atoms with van der Waals surface area (Å²) in [5, 5.41) is 2.13. The molecule has 3 aliphatic rings. The van der Waals surface area contributed by atoms with Crippen molar-refractivity contribution in [2.45, 2.75) is 38.3 Å². The standard InChI is InChI=1S/C16H22N2OS/c19-16-15-8-13(10-18(16)9-12-3-4-12)5-6-17(15)11-14-2-1-7-20-14/h1-2,7,12-13,15H,3-6,8-11H2/t13-,15+/m0/s1. The van der Waals surface area contributed by atoms with Crippen molar-refractivity contribution >= 4 is 17.2 Å². The lowest BCUT2D eigenvalue weighted by atomic mass is 9.85. The molecule has 0 aromatic carbocycles. The maximum Gasteiger partial charge on any atom is 0.239 e. The van der Waals surface area contributed by atoms with Crippen LogP contribution in [0.5, 0.6) is 0 Å². The number of likely N-dealkylation sites (tertiary alicyclic amines) is 2. The Bertz CT molecular complexity index is 483. The van der Waals surface area contributed by atoms with E-state index in [2.05, 4.69) is 27.3 Å². The first-order chi connectivity index (χ1) is 9.79. The Morgan fingerprint density at radius 2 is 2.20 bits per heavy atom. The van der Waals surface area contributed by atoms with Crippen molar-refractivity contribution in [2.24, 2.45) is 11.8 Å². The van der Waals surface area contributed by atoms with Crippen LogP contribution in [0, 0.1) is 11.8 Å². The van der Waals surface area contributed by atoms with Gasteiger partial charge in [-0.3, -0.25) is 9.69 Å². The molecule has 0 spiro atoms. The fourth-order valence-corrected chi connectivity index (χ4v) is 4.42. The summed E-state index contributed by atoms with van der Waals surface area (Å²) in [6.45, 7) is 4.10. The van der Waals surface area contributed by atoms with Crippen molar-refractivity contribution in [3.63, 3.8) is 0 Å². The zero-order valence-corrected chi connectivity index (χ0v) is 12.6. The molecule has 0 radical (unpaired) electrons. The normalized spacial score (nSPS) is 30.8. The van der Waals surface area contributed by atoms with E-state index in [0.29, 0.717) is 5.91 Å². The van der Waals surface area contributed by atoms with Crippen molar-refractivity contribution in [1.82, 2.24) is 9.80 Å². The summed E-state index contributed by atoms with van der Waals surface area (Å²) in [6, 6.07) is 4.45. The van der Waals surface area contributed by atoms with Crippen molar-refractivity contribution in [3.05, 3.63) is 22.4 Å². The van der Waals surface area contributed by atoms with Gasteiger partial charge in [0.25, 0.3) is 0 Å². The van der Waals surface area contributed by atoms with Crippen LogP contribution in [0.2, 0.25) is 0 Å². The first-order valence-electron chi connectivity index (χ1n) is 7.85. The molecule has 4 heteroatoms. The number of hydrogen-bond acceptors (Lipinski definition) is 3. The third kappa shape index (κ3) is 2.51. The van der Waals surface area contributed by atoms with Crippen molar-refractivity contribution in [3.8, 4) is 0 Å². The summed E-state index contributed by atoms with van der Waals surface area (Å²) in [4.78, 5) is 18.7. The average molecular weight is 290 g/mol. The molecule has 3 nitrogen and oxygen atoms in total. The zero-order valence-electron chi connectivity index (χ0n) is 11.8. The second-order valence-electron chi connectivity index (χ2n) is 6.64. The molecule has 2 saturated heterocycles. The number of carbonyl (C=O) groups excluding carboxylic acids is 1. The maximum atomic E-state index is 12.7. The number of carbonyl (C=O) groups is 1. The van der Waals surface area contributed by atoms with Gasteiger partial charge in [-0.1, -0.05) is 6.07 Å². The molecule has 1 aromatic heterocycles. The van der Waals surface area contributed by atoms with Gasteiger partial charge >= 0.3 is 0 Å². The topological polar surface area (TPSA) is 23.6 Å². The largest absolute Gasteiger partial charge is 0.341 e. The molecule has 3 heterocycles. The predicted octanol–water partition coefficient (Wildman–Crippen LogP) is 2.58. The Morgan fingerprint density at radius 1 is 1.30 bits per heavy atom. The van der Waals surface area contributed by atoms with Crippen molar-refractivity contribution < 1.29 is 4.79 Å². The van der Waals surface area contributed by atoms with Crippen LogP contribution in [0.25, 0.3) is 0 Å². The molecule has 20 heavy (non-hydrogen) atoms. The van der Waals surface area contributed by atoms with E-state index in [0.717, 1.165) is 44.4 Å². The molecule has 1 aromatic rings. The van der Waals surface area contributed by atoms with Gasteiger partial charge in [-0.2, -0.15) is 0 Å². The van der Waals surface area contributed by atoms with Crippen LogP contribution in [0.3, 0.4) is 0 Å². The lowest BCUT2D eigenvalue weighted by Crippen LogP contribution is -2.58. The molecule has 1 amide bonds. The molecule has 1 saturated carbocycles. The van der Waals surface area contributed by atoms with Crippen molar-refractivity contribution in [1.29, 1.82) is 0 Å². The van der Waals surface area contributed by atoms with Crippen LogP contribution in [0.4, 0.5) is 0 Å². The van der Waals surface area contributed by atoms with Gasteiger partial charge < -0.3 is 4.90 Å². The Labute approximate surface area is 124 Å². The molecular weight excluding hydrogens is 268 g/mol. The lowest BCUT2D eigenvalue weighted by Gasteiger charge is -2.46. The highest BCUT2D eigenvalue weighted by Gasteiger charge is 2.42. The first kappa shape index (κ1) is 12.8. The molecule has 4 rings (SSSR count). The monoisotopic (exact) mass is 290 g/mol. The van der Waals surface area contributed by atoms with Gasteiger partial charge in [-0.25, -0.2) is 0 Å². The smallest absolute Gasteiger partial charge is 0.239 e. The predicted molar refractivity (Wildman–Crippen MR) is 80.5 cm³/mol. The van der Waals surface area contributed by atoms with Crippen LogP contribution >= 0.6 is 11.3 Å². The number of amides is 1. The van der Waals surface area contributed by atoms with Gasteiger partial charge in [-0.15, -0.1) is 11.3 Å². The molecule has 0 unspecified atom stereocenters. The van der Waals surface area contributed by atoms with Gasteiger partial charge in [-0.05, 0) is 55.5 Å². The third-order valence-corrected chi connectivity index (χ3v) is 5.87. The Kier molecular flexibility index (Phi) is 3.31. The quantitative estimate of drug-likeness (QED) is 0.851. The Morgan fingerprint density at radius 3 is 2.95 bits per heavy atom. The molecular formula is C16H22N2OS. The molecule has 108 valence electrons. The van der Waals surface area contributed by atoms with Crippen LogP contribution in [0.1, 0.15) is 30.6 Å². The van der Waals surface area contributed by atoms with E-state index < -0.39 is 0 Å². The Hall–Kier alpha value is -0.870. The summed E-state index contributed by atoms with van der Waals surface area (Å²) in [5.74, 6) is 1.96. The summed E-state index contributed by atoms with van der Waals surface area (Å²) < 4.78 is 0. The second-order valence-corrected chi connectivity index (χ2v) is 7.67. The van der Waals surface area contributed by atoms with E-state index in [1.165, 1.54) is 24.1 Å². The summed E-state index contributed by atoms with van der Waals surface area (Å²) in [5.41, 5.74) is 0. The van der Waals surface area contributed by atoms with E-state index in [1.54, 1.807) is 11.3 Å². The average Bonchev–Trinajstić information content (AvgIpc) is 3.12. The summed E-state index contributed by atoms with van der Waals surface area (Å²) >= 11 is 1.80. The molecule has 0 N–H and O–H groups in total. The van der Waals surface area contributed by atoms with Crippen LogP contribution in [-0.4, -0.2) is 41.4 Å². The highest BCUT2D eigenvalue weighted by atomic mass is 32.1.